The standard InChI is InChI=1S/C9H12ClNOS/c1-5(2)9-6(10)3-8(13-9)7(12)4-11/h3,5H,4,11H2,1-2H3. The van der Waals surface area contributed by atoms with Gasteiger partial charge >= 0.3 is 0 Å². The number of hydrogen-bond donors (Lipinski definition) is 1. The molecule has 4 heteroatoms. The van der Waals surface area contributed by atoms with Crippen LogP contribution < -0.4 is 5.73 Å². The molecule has 0 aliphatic rings. The Labute approximate surface area is 86.7 Å². The molecule has 0 aliphatic carbocycles. The van der Waals surface area contributed by atoms with E-state index in [-0.39, 0.29) is 12.3 Å². The molecule has 0 bridgehead atoms. The molecule has 13 heavy (non-hydrogen) atoms. The highest BCUT2D eigenvalue weighted by Crippen LogP contribution is 2.32. The van der Waals surface area contributed by atoms with Gasteiger partial charge in [-0.15, -0.1) is 11.3 Å². The molecule has 0 amide bonds. The van der Waals surface area contributed by atoms with Gasteiger partial charge in [-0.3, -0.25) is 4.79 Å². The van der Waals surface area contributed by atoms with Gasteiger partial charge in [0.15, 0.2) is 5.78 Å². The zero-order chi connectivity index (χ0) is 10.0. The molecule has 2 nitrogen and oxygen atoms in total. The van der Waals surface area contributed by atoms with Crippen molar-refractivity contribution in [3.05, 3.63) is 20.8 Å². The molecule has 1 rings (SSSR count). The third-order valence-electron chi connectivity index (χ3n) is 1.70. The van der Waals surface area contributed by atoms with E-state index in [4.69, 9.17) is 17.3 Å². The quantitative estimate of drug-likeness (QED) is 0.792. The first kappa shape index (κ1) is 10.7. The first-order valence-corrected chi connectivity index (χ1v) is 5.28. The lowest BCUT2D eigenvalue weighted by Gasteiger charge is -1.99. The molecular formula is C9H12ClNOS. The Morgan fingerprint density at radius 1 is 1.69 bits per heavy atom. The molecule has 0 atom stereocenters. The monoisotopic (exact) mass is 217 g/mol. The zero-order valence-electron chi connectivity index (χ0n) is 7.63. The van der Waals surface area contributed by atoms with Crippen LogP contribution in [0, 0.1) is 0 Å². The maximum Gasteiger partial charge on any atom is 0.186 e. The molecule has 0 spiro atoms. The van der Waals surface area contributed by atoms with Crippen LogP contribution in [-0.4, -0.2) is 12.3 Å². The van der Waals surface area contributed by atoms with E-state index >= 15 is 0 Å². The van der Waals surface area contributed by atoms with Gasteiger partial charge in [-0.05, 0) is 12.0 Å². The van der Waals surface area contributed by atoms with E-state index in [9.17, 15) is 4.79 Å². The van der Waals surface area contributed by atoms with E-state index in [1.807, 2.05) is 0 Å². The number of halogens is 1. The maximum atomic E-state index is 11.2. The molecule has 0 radical (unpaired) electrons. The van der Waals surface area contributed by atoms with Crippen LogP contribution in [-0.2, 0) is 0 Å². The molecule has 1 aromatic heterocycles. The first-order chi connectivity index (χ1) is 6.06. The third-order valence-corrected chi connectivity index (χ3v) is 3.60. The highest BCUT2D eigenvalue weighted by atomic mass is 35.5. The summed E-state index contributed by atoms with van der Waals surface area (Å²) in [6, 6.07) is 1.71. The summed E-state index contributed by atoms with van der Waals surface area (Å²) in [5, 5.41) is 0.678. The fourth-order valence-corrected chi connectivity index (χ4v) is 2.53. The summed E-state index contributed by atoms with van der Waals surface area (Å²) >= 11 is 7.40. The van der Waals surface area contributed by atoms with Crippen molar-refractivity contribution in [3.63, 3.8) is 0 Å². The molecule has 0 saturated heterocycles. The summed E-state index contributed by atoms with van der Waals surface area (Å²) in [4.78, 5) is 12.9. The highest BCUT2D eigenvalue weighted by molar-refractivity contribution is 7.14. The smallest absolute Gasteiger partial charge is 0.186 e. The van der Waals surface area contributed by atoms with Gasteiger partial charge in [-0.1, -0.05) is 25.4 Å². The van der Waals surface area contributed by atoms with Gasteiger partial charge in [-0.2, -0.15) is 0 Å². The molecular weight excluding hydrogens is 206 g/mol. The van der Waals surface area contributed by atoms with Crippen LogP contribution >= 0.6 is 22.9 Å². The Kier molecular flexibility index (Phi) is 3.47. The maximum absolute atomic E-state index is 11.2. The number of ketones is 1. The molecule has 0 unspecified atom stereocenters. The fourth-order valence-electron chi connectivity index (χ4n) is 1.01. The second kappa shape index (κ2) is 4.22. The zero-order valence-corrected chi connectivity index (χ0v) is 9.21. The van der Waals surface area contributed by atoms with Crippen molar-refractivity contribution in [2.45, 2.75) is 19.8 Å². The van der Waals surface area contributed by atoms with Crippen molar-refractivity contribution in [2.75, 3.05) is 6.54 Å². The minimum absolute atomic E-state index is 0.0428. The molecule has 0 aliphatic heterocycles. The van der Waals surface area contributed by atoms with E-state index in [0.29, 0.717) is 15.8 Å². The lowest BCUT2D eigenvalue weighted by atomic mass is 10.2. The molecule has 1 heterocycles. The lowest BCUT2D eigenvalue weighted by molar-refractivity contribution is 0.100. The molecule has 0 fully saturated rings. The van der Waals surface area contributed by atoms with Crippen LogP contribution in [0.3, 0.4) is 0 Å². The topological polar surface area (TPSA) is 43.1 Å². The van der Waals surface area contributed by atoms with E-state index in [1.165, 1.54) is 11.3 Å². The number of nitrogens with two attached hydrogens (primary N) is 1. The molecule has 0 saturated carbocycles. The Balaban J connectivity index is 3.02. The summed E-state index contributed by atoms with van der Waals surface area (Å²) in [5.41, 5.74) is 5.25. The van der Waals surface area contributed by atoms with Crippen molar-refractivity contribution >= 4 is 28.7 Å². The van der Waals surface area contributed by atoms with Crippen LogP contribution in [0.15, 0.2) is 6.07 Å². The minimum atomic E-state index is -0.0428. The molecule has 1 aromatic rings. The van der Waals surface area contributed by atoms with Crippen molar-refractivity contribution in [1.82, 2.24) is 0 Å². The van der Waals surface area contributed by atoms with Crippen molar-refractivity contribution in [2.24, 2.45) is 5.73 Å². The van der Waals surface area contributed by atoms with Crippen molar-refractivity contribution in [1.29, 1.82) is 0 Å². The van der Waals surface area contributed by atoms with Gasteiger partial charge in [0.25, 0.3) is 0 Å². The first-order valence-electron chi connectivity index (χ1n) is 4.08. The number of thiophene rings is 1. The van der Waals surface area contributed by atoms with Gasteiger partial charge < -0.3 is 5.73 Å². The second-order valence-electron chi connectivity index (χ2n) is 3.10. The predicted molar refractivity (Wildman–Crippen MR) is 56.8 cm³/mol. The minimum Gasteiger partial charge on any atom is -0.324 e. The van der Waals surface area contributed by atoms with E-state index in [0.717, 1.165) is 4.88 Å². The largest absolute Gasteiger partial charge is 0.324 e. The number of carbonyl (C=O) groups excluding carboxylic acids is 1. The van der Waals surface area contributed by atoms with Crippen molar-refractivity contribution in [3.8, 4) is 0 Å². The molecule has 0 aromatic carbocycles. The number of rotatable bonds is 3. The van der Waals surface area contributed by atoms with Gasteiger partial charge in [0, 0.05) is 4.88 Å². The van der Waals surface area contributed by atoms with Crippen LogP contribution in [0.4, 0.5) is 0 Å². The molecule has 2 N–H and O–H groups in total. The third kappa shape index (κ3) is 2.30. The van der Waals surface area contributed by atoms with Gasteiger partial charge in [0.1, 0.15) is 0 Å². The van der Waals surface area contributed by atoms with E-state index < -0.39 is 0 Å². The summed E-state index contributed by atoms with van der Waals surface area (Å²) < 4.78 is 0. The van der Waals surface area contributed by atoms with Gasteiger partial charge in [0.2, 0.25) is 0 Å². The van der Waals surface area contributed by atoms with Crippen LogP contribution in [0.25, 0.3) is 0 Å². The summed E-state index contributed by atoms with van der Waals surface area (Å²) in [6.45, 7) is 4.15. The predicted octanol–water partition coefficient (Wildman–Crippen LogP) is 2.67. The average Bonchev–Trinajstić information content (AvgIpc) is 2.46. The Morgan fingerprint density at radius 3 is 2.69 bits per heavy atom. The summed E-state index contributed by atoms with van der Waals surface area (Å²) in [6.07, 6.45) is 0. The van der Waals surface area contributed by atoms with Crippen molar-refractivity contribution < 1.29 is 4.79 Å². The number of hydrogen-bond acceptors (Lipinski definition) is 3. The summed E-state index contributed by atoms with van der Waals surface area (Å²) in [5.74, 6) is 0.315. The summed E-state index contributed by atoms with van der Waals surface area (Å²) in [7, 11) is 0. The SMILES string of the molecule is CC(C)c1sc(C(=O)CN)cc1Cl. The second-order valence-corrected chi connectivity index (χ2v) is 4.60. The Hall–Kier alpha value is -0.380. The molecule has 72 valence electrons. The highest BCUT2D eigenvalue weighted by Gasteiger charge is 2.14. The Morgan fingerprint density at radius 2 is 2.31 bits per heavy atom. The van der Waals surface area contributed by atoms with E-state index in [1.54, 1.807) is 6.07 Å². The van der Waals surface area contributed by atoms with Gasteiger partial charge in [-0.25, -0.2) is 0 Å². The van der Waals surface area contributed by atoms with Crippen LogP contribution in [0.2, 0.25) is 5.02 Å². The van der Waals surface area contributed by atoms with Crippen LogP contribution in [0.5, 0.6) is 0 Å². The lowest BCUT2D eigenvalue weighted by Crippen LogP contribution is -2.11. The average molecular weight is 218 g/mol. The van der Waals surface area contributed by atoms with Gasteiger partial charge in [0.05, 0.1) is 16.4 Å². The number of carbonyl (C=O) groups is 1. The number of Topliss-reactive ketones (excluding diaryl/α,β-unsaturated/α-hetero) is 1. The fraction of sp³-hybridized carbons (Fsp3) is 0.444. The van der Waals surface area contributed by atoms with E-state index in [2.05, 4.69) is 13.8 Å². The Bertz CT molecular complexity index is 319. The van der Waals surface area contributed by atoms with Crippen LogP contribution in [0.1, 0.15) is 34.3 Å². The normalized spacial score (nSPS) is 10.8.